The van der Waals surface area contributed by atoms with Gasteiger partial charge in [-0.1, -0.05) is 6.92 Å². The van der Waals surface area contributed by atoms with Gasteiger partial charge >= 0.3 is 5.97 Å². The number of carboxylic acid groups (broad SMARTS) is 1. The summed E-state index contributed by atoms with van der Waals surface area (Å²) < 4.78 is 10.4. The Kier molecular flexibility index (Phi) is 4.12. The van der Waals surface area contributed by atoms with E-state index < -0.39 is 5.97 Å². The van der Waals surface area contributed by atoms with Crippen LogP contribution < -0.4 is 9.47 Å². The Balaban J connectivity index is 2.24. The fourth-order valence-corrected chi connectivity index (χ4v) is 1.99. The molecule has 0 saturated heterocycles. The van der Waals surface area contributed by atoms with Gasteiger partial charge in [-0.15, -0.1) is 0 Å². The number of hydrogen-bond donors (Lipinski definition) is 1. The lowest BCUT2D eigenvalue weighted by molar-refractivity contribution is -0.138. The van der Waals surface area contributed by atoms with Crippen molar-refractivity contribution in [2.75, 3.05) is 13.3 Å². The number of benzene rings is 1. The van der Waals surface area contributed by atoms with Crippen molar-refractivity contribution < 1.29 is 24.2 Å². The second-order valence-electron chi connectivity index (χ2n) is 4.65. The van der Waals surface area contributed by atoms with Gasteiger partial charge in [0, 0.05) is 11.6 Å². The van der Waals surface area contributed by atoms with E-state index >= 15 is 0 Å². The average Bonchev–Trinajstić information content (AvgIpc) is 2.90. The van der Waals surface area contributed by atoms with Gasteiger partial charge in [0.05, 0.1) is 0 Å². The average molecular weight is 279 g/mol. The molecule has 1 aromatic carbocycles. The monoisotopic (exact) mass is 279 g/mol. The number of hydrogen-bond acceptors (Lipinski definition) is 4. The molecule has 1 N–H and O–H groups in total. The standard InChI is InChI=1S/C14H17NO5/c1-3-9(2)15(7-13(16)17)14(18)10-4-5-11-12(6-10)20-8-19-11/h4-6,9H,3,7-8H2,1-2H3,(H,16,17)/t9-/m1/s1. The van der Waals surface area contributed by atoms with Crippen LogP contribution in [0, 0.1) is 0 Å². The van der Waals surface area contributed by atoms with Gasteiger partial charge in [-0.05, 0) is 31.5 Å². The highest BCUT2D eigenvalue weighted by Crippen LogP contribution is 2.32. The largest absolute Gasteiger partial charge is 0.480 e. The van der Waals surface area contributed by atoms with Crippen LogP contribution in [0.25, 0.3) is 0 Å². The minimum absolute atomic E-state index is 0.136. The number of amides is 1. The topological polar surface area (TPSA) is 76.1 Å². The molecule has 0 fully saturated rings. The molecule has 6 heteroatoms. The van der Waals surface area contributed by atoms with E-state index in [1.54, 1.807) is 18.2 Å². The molecule has 20 heavy (non-hydrogen) atoms. The van der Waals surface area contributed by atoms with E-state index in [9.17, 15) is 9.59 Å². The van der Waals surface area contributed by atoms with Gasteiger partial charge in [0.15, 0.2) is 11.5 Å². The fraction of sp³-hybridized carbons (Fsp3) is 0.429. The first-order chi connectivity index (χ1) is 9.52. The van der Waals surface area contributed by atoms with Gasteiger partial charge in [0.25, 0.3) is 5.91 Å². The van der Waals surface area contributed by atoms with Gasteiger partial charge in [-0.2, -0.15) is 0 Å². The molecule has 1 aliphatic rings. The molecule has 1 aromatic rings. The molecule has 0 saturated carbocycles. The lowest BCUT2D eigenvalue weighted by Crippen LogP contribution is -2.41. The van der Waals surface area contributed by atoms with E-state index in [-0.39, 0.29) is 25.3 Å². The summed E-state index contributed by atoms with van der Waals surface area (Å²) in [5.41, 5.74) is 0.399. The predicted octanol–water partition coefficient (Wildman–Crippen LogP) is 1.74. The van der Waals surface area contributed by atoms with Gasteiger partial charge in [-0.25, -0.2) is 0 Å². The first-order valence-electron chi connectivity index (χ1n) is 6.45. The maximum absolute atomic E-state index is 12.4. The number of rotatable bonds is 5. The van der Waals surface area contributed by atoms with E-state index in [1.807, 2.05) is 13.8 Å². The van der Waals surface area contributed by atoms with Crippen molar-refractivity contribution >= 4 is 11.9 Å². The summed E-state index contributed by atoms with van der Waals surface area (Å²) in [5, 5.41) is 8.94. The highest BCUT2D eigenvalue weighted by atomic mass is 16.7. The number of carbonyl (C=O) groups excluding carboxylic acids is 1. The van der Waals surface area contributed by atoms with Crippen LogP contribution in [-0.4, -0.2) is 41.3 Å². The fourth-order valence-electron chi connectivity index (χ4n) is 1.99. The van der Waals surface area contributed by atoms with Gasteiger partial charge < -0.3 is 19.5 Å². The molecular formula is C14H17NO5. The van der Waals surface area contributed by atoms with Crippen LogP contribution in [0.3, 0.4) is 0 Å². The molecular weight excluding hydrogens is 262 g/mol. The van der Waals surface area contributed by atoms with Crippen molar-refractivity contribution in [2.45, 2.75) is 26.3 Å². The summed E-state index contributed by atoms with van der Waals surface area (Å²) in [7, 11) is 0. The molecule has 2 rings (SSSR count). The maximum Gasteiger partial charge on any atom is 0.323 e. The summed E-state index contributed by atoms with van der Waals surface area (Å²) in [4.78, 5) is 24.7. The van der Waals surface area contributed by atoms with Crippen molar-refractivity contribution in [3.8, 4) is 11.5 Å². The highest BCUT2D eigenvalue weighted by molar-refractivity contribution is 5.96. The minimum Gasteiger partial charge on any atom is -0.480 e. The predicted molar refractivity (Wildman–Crippen MR) is 71.0 cm³/mol. The smallest absolute Gasteiger partial charge is 0.323 e. The van der Waals surface area contributed by atoms with Gasteiger partial charge in [0.1, 0.15) is 6.54 Å². The summed E-state index contributed by atoms with van der Waals surface area (Å²) >= 11 is 0. The summed E-state index contributed by atoms with van der Waals surface area (Å²) in [6.07, 6.45) is 0.684. The first-order valence-corrected chi connectivity index (χ1v) is 6.45. The molecule has 1 heterocycles. The van der Waals surface area contributed by atoms with E-state index in [1.165, 1.54) is 4.90 Å². The van der Waals surface area contributed by atoms with E-state index in [2.05, 4.69) is 0 Å². The molecule has 0 aliphatic carbocycles. The summed E-state index contributed by atoms with van der Waals surface area (Å²) in [5.74, 6) is -0.246. The number of fused-ring (bicyclic) bond motifs is 1. The first kappa shape index (κ1) is 14.2. The molecule has 0 spiro atoms. The third-order valence-corrected chi connectivity index (χ3v) is 3.31. The number of nitrogens with zero attached hydrogens (tertiary/aromatic N) is 1. The minimum atomic E-state index is -1.03. The van der Waals surface area contributed by atoms with Crippen molar-refractivity contribution in [3.05, 3.63) is 23.8 Å². The zero-order chi connectivity index (χ0) is 14.7. The number of carbonyl (C=O) groups is 2. The van der Waals surface area contributed by atoms with Crippen LogP contribution in [0.4, 0.5) is 0 Å². The van der Waals surface area contributed by atoms with E-state index in [0.29, 0.717) is 23.5 Å². The van der Waals surface area contributed by atoms with E-state index in [4.69, 9.17) is 14.6 Å². The molecule has 0 bridgehead atoms. The molecule has 0 radical (unpaired) electrons. The molecule has 0 aromatic heterocycles. The Morgan fingerprint density at radius 3 is 2.70 bits per heavy atom. The van der Waals surface area contributed by atoms with Crippen LogP contribution in [0.5, 0.6) is 11.5 Å². The summed E-state index contributed by atoms with van der Waals surface area (Å²) in [6.45, 7) is 3.56. The second-order valence-corrected chi connectivity index (χ2v) is 4.65. The lowest BCUT2D eigenvalue weighted by Gasteiger charge is -2.27. The molecule has 0 unspecified atom stereocenters. The van der Waals surface area contributed by atoms with Crippen molar-refractivity contribution in [1.29, 1.82) is 0 Å². The van der Waals surface area contributed by atoms with Crippen molar-refractivity contribution in [3.63, 3.8) is 0 Å². The SMILES string of the molecule is CC[C@@H](C)N(CC(=O)O)C(=O)c1ccc2c(c1)OCO2. The third-order valence-electron chi connectivity index (χ3n) is 3.31. The van der Waals surface area contributed by atoms with Crippen LogP contribution in [0.15, 0.2) is 18.2 Å². The number of carboxylic acids is 1. The van der Waals surface area contributed by atoms with Gasteiger partial charge in [-0.3, -0.25) is 9.59 Å². The third kappa shape index (κ3) is 2.84. The zero-order valence-corrected chi connectivity index (χ0v) is 11.5. The Hall–Kier alpha value is -2.24. The van der Waals surface area contributed by atoms with Crippen molar-refractivity contribution in [1.82, 2.24) is 4.90 Å². The number of aliphatic carboxylic acids is 1. The maximum atomic E-state index is 12.4. The van der Waals surface area contributed by atoms with Crippen LogP contribution in [-0.2, 0) is 4.79 Å². The molecule has 108 valence electrons. The Morgan fingerprint density at radius 2 is 2.05 bits per heavy atom. The second kappa shape index (κ2) is 5.81. The zero-order valence-electron chi connectivity index (χ0n) is 11.5. The Labute approximate surface area is 116 Å². The summed E-state index contributed by atoms with van der Waals surface area (Å²) in [6, 6.07) is 4.71. The van der Waals surface area contributed by atoms with Crippen LogP contribution in [0.2, 0.25) is 0 Å². The molecule has 6 nitrogen and oxygen atoms in total. The molecule has 1 aliphatic heterocycles. The molecule has 1 amide bonds. The van der Waals surface area contributed by atoms with Crippen molar-refractivity contribution in [2.24, 2.45) is 0 Å². The van der Waals surface area contributed by atoms with Gasteiger partial charge in [0.2, 0.25) is 6.79 Å². The van der Waals surface area contributed by atoms with Crippen LogP contribution >= 0.6 is 0 Å². The quantitative estimate of drug-likeness (QED) is 0.888. The van der Waals surface area contributed by atoms with E-state index in [0.717, 1.165) is 0 Å². The Bertz CT molecular complexity index is 528. The molecule has 1 atom stereocenters. The Morgan fingerprint density at radius 1 is 1.35 bits per heavy atom. The lowest BCUT2D eigenvalue weighted by atomic mass is 10.1. The highest BCUT2D eigenvalue weighted by Gasteiger charge is 2.24. The number of ether oxygens (including phenoxy) is 2. The van der Waals surface area contributed by atoms with Crippen LogP contribution in [0.1, 0.15) is 30.6 Å². The normalized spacial score (nSPS) is 13.9.